The molecule has 1 aliphatic carbocycles. The predicted molar refractivity (Wildman–Crippen MR) is 63.9 cm³/mol. The van der Waals surface area contributed by atoms with E-state index in [1.165, 1.54) is 0 Å². The fourth-order valence-corrected chi connectivity index (χ4v) is 2.97. The molecule has 3 unspecified atom stereocenters. The van der Waals surface area contributed by atoms with Crippen LogP contribution < -0.4 is 5.32 Å². The van der Waals surface area contributed by atoms with Crippen LogP contribution >= 0.6 is 0 Å². The van der Waals surface area contributed by atoms with Gasteiger partial charge >= 0.3 is 6.18 Å². The van der Waals surface area contributed by atoms with Gasteiger partial charge in [-0.3, -0.25) is 0 Å². The van der Waals surface area contributed by atoms with E-state index in [1.807, 2.05) is 6.92 Å². The molecule has 0 spiro atoms. The van der Waals surface area contributed by atoms with Crippen molar-refractivity contribution in [3.8, 4) is 0 Å². The molecule has 4 heteroatoms. The summed E-state index contributed by atoms with van der Waals surface area (Å²) in [6.45, 7) is 4.96. The van der Waals surface area contributed by atoms with E-state index in [2.05, 4.69) is 12.2 Å². The zero-order valence-electron chi connectivity index (χ0n) is 10.8. The highest BCUT2D eigenvalue weighted by molar-refractivity contribution is 4.84. The van der Waals surface area contributed by atoms with E-state index in [0.717, 1.165) is 32.2 Å². The normalized spacial score (nSPS) is 28.1. The Labute approximate surface area is 102 Å². The van der Waals surface area contributed by atoms with Crippen LogP contribution in [-0.2, 0) is 0 Å². The third-order valence-electron chi connectivity index (χ3n) is 3.81. The van der Waals surface area contributed by atoms with E-state index >= 15 is 0 Å². The van der Waals surface area contributed by atoms with Crippen molar-refractivity contribution in [2.75, 3.05) is 6.54 Å². The maximum absolute atomic E-state index is 12.7. The summed E-state index contributed by atoms with van der Waals surface area (Å²) in [5, 5.41) is 3.36. The van der Waals surface area contributed by atoms with Gasteiger partial charge in [0.2, 0.25) is 0 Å². The van der Waals surface area contributed by atoms with Crippen molar-refractivity contribution in [1.29, 1.82) is 0 Å². The maximum Gasteiger partial charge on any atom is 0.391 e. The Morgan fingerprint density at radius 1 is 1.24 bits per heavy atom. The van der Waals surface area contributed by atoms with Gasteiger partial charge in [0.15, 0.2) is 0 Å². The molecule has 0 aromatic heterocycles. The van der Waals surface area contributed by atoms with Gasteiger partial charge in [-0.1, -0.05) is 26.7 Å². The van der Waals surface area contributed by atoms with E-state index in [0.29, 0.717) is 12.8 Å². The molecular formula is C13H24F3N. The summed E-state index contributed by atoms with van der Waals surface area (Å²) in [7, 11) is 0. The molecule has 0 aliphatic heterocycles. The van der Waals surface area contributed by atoms with E-state index in [-0.39, 0.29) is 12.0 Å². The van der Waals surface area contributed by atoms with E-state index in [1.54, 1.807) is 0 Å². The third kappa shape index (κ3) is 4.49. The van der Waals surface area contributed by atoms with Crippen LogP contribution in [0.4, 0.5) is 13.2 Å². The van der Waals surface area contributed by atoms with Crippen molar-refractivity contribution in [2.24, 2.45) is 11.8 Å². The number of hydrogen-bond acceptors (Lipinski definition) is 1. The zero-order valence-corrected chi connectivity index (χ0v) is 10.8. The standard InChI is InChI=1S/C13H24F3N/c1-3-6-12(17-4-2)10-7-5-8-11(9-10)13(14,15)16/h10-12,17H,3-9H2,1-2H3. The fourth-order valence-electron chi connectivity index (χ4n) is 2.97. The van der Waals surface area contributed by atoms with Gasteiger partial charge in [-0.25, -0.2) is 0 Å². The second kappa shape index (κ2) is 6.62. The van der Waals surface area contributed by atoms with Gasteiger partial charge in [-0.15, -0.1) is 0 Å². The fraction of sp³-hybridized carbons (Fsp3) is 1.00. The van der Waals surface area contributed by atoms with Crippen molar-refractivity contribution in [3.05, 3.63) is 0 Å². The molecule has 0 aromatic rings. The molecule has 17 heavy (non-hydrogen) atoms. The lowest BCUT2D eigenvalue weighted by Gasteiger charge is -2.35. The van der Waals surface area contributed by atoms with Gasteiger partial charge in [0.1, 0.15) is 0 Å². The largest absolute Gasteiger partial charge is 0.391 e. The molecule has 1 fully saturated rings. The van der Waals surface area contributed by atoms with E-state index in [4.69, 9.17) is 0 Å². The summed E-state index contributed by atoms with van der Waals surface area (Å²) in [5.41, 5.74) is 0. The number of nitrogens with one attached hydrogen (secondary N) is 1. The van der Waals surface area contributed by atoms with Gasteiger partial charge < -0.3 is 5.32 Å². The predicted octanol–water partition coefficient (Wildman–Crippen LogP) is 4.13. The summed E-state index contributed by atoms with van der Waals surface area (Å²) >= 11 is 0. The quantitative estimate of drug-likeness (QED) is 0.774. The first-order valence-corrected chi connectivity index (χ1v) is 6.79. The molecule has 1 rings (SSSR count). The smallest absolute Gasteiger partial charge is 0.314 e. The molecule has 1 saturated carbocycles. The second-order valence-electron chi connectivity index (χ2n) is 5.12. The minimum atomic E-state index is -4.00. The summed E-state index contributed by atoms with van der Waals surface area (Å²) in [6.07, 6.45) is 0.340. The highest BCUT2D eigenvalue weighted by Crippen LogP contribution is 2.41. The van der Waals surface area contributed by atoms with Crippen LogP contribution in [0.15, 0.2) is 0 Å². The Hall–Kier alpha value is -0.250. The van der Waals surface area contributed by atoms with Gasteiger partial charge in [0.05, 0.1) is 5.92 Å². The van der Waals surface area contributed by atoms with E-state index < -0.39 is 12.1 Å². The van der Waals surface area contributed by atoms with Gasteiger partial charge in [0, 0.05) is 6.04 Å². The molecule has 0 heterocycles. The first-order valence-electron chi connectivity index (χ1n) is 6.79. The molecule has 0 saturated heterocycles. The summed E-state index contributed by atoms with van der Waals surface area (Å²) in [4.78, 5) is 0. The molecule has 0 bridgehead atoms. The lowest BCUT2D eigenvalue weighted by molar-refractivity contribution is -0.186. The molecule has 0 aromatic carbocycles. The monoisotopic (exact) mass is 251 g/mol. The molecular weight excluding hydrogens is 227 g/mol. The van der Waals surface area contributed by atoms with Crippen molar-refractivity contribution < 1.29 is 13.2 Å². The maximum atomic E-state index is 12.7. The van der Waals surface area contributed by atoms with Crippen LogP contribution in [0.1, 0.15) is 52.4 Å². The van der Waals surface area contributed by atoms with Crippen LogP contribution in [0, 0.1) is 11.8 Å². The SMILES string of the molecule is CCCC(NCC)C1CCCC(C(F)(F)F)C1. The van der Waals surface area contributed by atoms with Gasteiger partial charge in [-0.05, 0) is 38.1 Å². The minimum Gasteiger partial charge on any atom is -0.314 e. The number of alkyl halides is 3. The molecule has 1 aliphatic rings. The molecule has 1 nitrogen and oxygen atoms in total. The number of rotatable bonds is 5. The molecule has 3 atom stereocenters. The average Bonchev–Trinajstić information content (AvgIpc) is 2.28. The van der Waals surface area contributed by atoms with Gasteiger partial charge in [0.25, 0.3) is 0 Å². The highest BCUT2D eigenvalue weighted by Gasteiger charge is 2.43. The summed E-state index contributed by atoms with van der Waals surface area (Å²) in [6, 6.07) is 0.273. The topological polar surface area (TPSA) is 12.0 Å². The highest BCUT2D eigenvalue weighted by atomic mass is 19.4. The summed E-state index contributed by atoms with van der Waals surface area (Å²) < 4.78 is 38.2. The molecule has 102 valence electrons. The zero-order chi connectivity index (χ0) is 12.9. The van der Waals surface area contributed by atoms with Crippen molar-refractivity contribution in [2.45, 2.75) is 64.6 Å². The second-order valence-corrected chi connectivity index (χ2v) is 5.12. The Kier molecular flexibility index (Phi) is 5.77. The molecule has 0 amide bonds. The number of hydrogen-bond donors (Lipinski definition) is 1. The number of halogens is 3. The van der Waals surface area contributed by atoms with Crippen molar-refractivity contribution in [1.82, 2.24) is 5.32 Å². The van der Waals surface area contributed by atoms with Gasteiger partial charge in [-0.2, -0.15) is 13.2 Å². The Morgan fingerprint density at radius 2 is 1.94 bits per heavy atom. The van der Waals surface area contributed by atoms with Crippen molar-refractivity contribution >= 4 is 0 Å². The van der Waals surface area contributed by atoms with Crippen LogP contribution in [0.3, 0.4) is 0 Å². The molecule has 0 radical (unpaired) electrons. The summed E-state index contributed by atoms with van der Waals surface area (Å²) in [5.74, 6) is -0.866. The van der Waals surface area contributed by atoms with Crippen LogP contribution in [0.25, 0.3) is 0 Å². The first-order chi connectivity index (χ1) is 7.99. The lowest BCUT2D eigenvalue weighted by atomic mass is 9.76. The lowest BCUT2D eigenvalue weighted by Crippen LogP contribution is -2.40. The van der Waals surface area contributed by atoms with Crippen molar-refractivity contribution in [3.63, 3.8) is 0 Å². The van der Waals surface area contributed by atoms with Crippen LogP contribution in [0.5, 0.6) is 0 Å². The Balaban J connectivity index is 2.57. The third-order valence-corrected chi connectivity index (χ3v) is 3.81. The molecule has 1 N–H and O–H groups in total. The van der Waals surface area contributed by atoms with Crippen LogP contribution in [0.2, 0.25) is 0 Å². The Bertz CT molecular complexity index is 209. The van der Waals surface area contributed by atoms with E-state index in [9.17, 15) is 13.2 Å². The minimum absolute atomic E-state index is 0.204. The average molecular weight is 251 g/mol. The first kappa shape index (κ1) is 14.8. The van der Waals surface area contributed by atoms with Crippen LogP contribution in [-0.4, -0.2) is 18.8 Å². The Morgan fingerprint density at radius 3 is 2.47 bits per heavy atom.